The molecule has 6 amide bonds. The molecule has 2 aliphatic heterocycles. The van der Waals surface area contributed by atoms with E-state index in [0.717, 1.165) is 0 Å². The van der Waals surface area contributed by atoms with Crippen molar-refractivity contribution in [2.75, 3.05) is 59.8 Å². The fourth-order valence-corrected chi connectivity index (χ4v) is 12.9. The normalized spacial score (nSPS) is 25.5. The summed E-state index contributed by atoms with van der Waals surface area (Å²) in [5, 5.41) is 113. The van der Waals surface area contributed by atoms with Crippen LogP contribution < -0.4 is 54.2 Å². The topological polar surface area (TPSA) is 516 Å². The van der Waals surface area contributed by atoms with Crippen molar-refractivity contribution in [2.24, 2.45) is 22.3 Å². The number of nitrogens with one attached hydrogen (secondary N) is 8. The van der Waals surface area contributed by atoms with Gasteiger partial charge in [0.15, 0.2) is 18.9 Å². The number of likely N-dealkylation sites (N-methyl/N-ethyl adjacent to an activating group) is 1. The first-order valence-corrected chi connectivity index (χ1v) is 33.9. The highest BCUT2D eigenvalue weighted by Crippen LogP contribution is 2.36. The Balaban J connectivity index is 2.40. The minimum Gasteiger partial charge on any atom is -0.394 e. The Hall–Kier alpha value is -4.06. The number of hydrogen-bond donors (Lipinski definition) is 19. The first-order chi connectivity index (χ1) is 45.5. The molecule has 2 rings (SSSR count). The Kier molecular flexibility index (Phi) is 34.8. The summed E-state index contributed by atoms with van der Waals surface area (Å²) in [6, 6.07) is -3.55. The van der Waals surface area contributed by atoms with Gasteiger partial charge in [0.2, 0.25) is 35.4 Å². The van der Waals surface area contributed by atoms with Crippen molar-refractivity contribution in [1.82, 2.24) is 42.7 Å². The lowest BCUT2D eigenvalue weighted by Gasteiger charge is -2.46. The van der Waals surface area contributed by atoms with Crippen LogP contribution in [-0.4, -0.2) is 278 Å². The first kappa shape index (κ1) is 92.0. The highest BCUT2D eigenvalue weighted by Gasteiger charge is 2.51. The van der Waals surface area contributed by atoms with Crippen LogP contribution in [0.3, 0.4) is 0 Å². The molecule has 0 radical (unpaired) electrons. The molecule has 100 heavy (non-hydrogen) atoms. The molecule has 0 aromatic heterocycles. The maximum Gasteiger partial charge on any atom is 0.237 e. The number of hydroxylamine groups is 1. The van der Waals surface area contributed by atoms with Crippen molar-refractivity contribution in [1.29, 1.82) is 0 Å². The Morgan fingerprint density at radius 2 is 1.03 bits per heavy atom. The van der Waals surface area contributed by atoms with Gasteiger partial charge in [-0.25, -0.2) is 0 Å². The maximum atomic E-state index is 14.4. The second-order valence-corrected chi connectivity index (χ2v) is 32.1. The number of aliphatic hydroxyl groups excluding tert-OH is 9. The summed E-state index contributed by atoms with van der Waals surface area (Å²) in [5.41, 5.74) is 4.15. The van der Waals surface area contributed by atoms with Crippen molar-refractivity contribution in [2.45, 2.75) is 314 Å². The summed E-state index contributed by atoms with van der Waals surface area (Å²) in [4.78, 5) is 84.6. The van der Waals surface area contributed by atoms with Crippen LogP contribution in [0.15, 0.2) is 0 Å². The number of carbonyl (C=O) groups excluding carboxylic acids is 6. The van der Waals surface area contributed by atoms with Gasteiger partial charge in [-0.1, -0.05) is 27.7 Å². The molecule has 0 saturated carbocycles. The molecule has 0 aromatic rings. The third-order valence-electron chi connectivity index (χ3n) is 17.0. The van der Waals surface area contributed by atoms with Gasteiger partial charge in [-0.2, -0.15) is 5.48 Å². The van der Waals surface area contributed by atoms with E-state index in [1.54, 1.807) is 118 Å². The van der Waals surface area contributed by atoms with Gasteiger partial charge in [0.25, 0.3) is 0 Å². The van der Waals surface area contributed by atoms with Crippen LogP contribution in [0.4, 0.5) is 0 Å². The van der Waals surface area contributed by atoms with Crippen molar-refractivity contribution in [3.8, 4) is 0 Å². The molecule has 2 aliphatic rings. The van der Waals surface area contributed by atoms with E-state index in [0.29, 0.717) is 0 Å². The van der Waals surface area contributed by atoms with E-state index in [4.69, 9.17) is 54.2 Å². The standard InChI is InChI=1S/C66H128N10O24/c1-36(23-57(6,7)55(90)75-59(10,11)30-61(14,15)99-53-46(72-39(4)83)50(88)48(86)43(27-79)96-53)92-33-66(69-22,35-94-70-24-45(85)74-64(20,67)31-63(18,19)100-54-47(73-40(5)84)51(89)49(87)44(28-80)97-54)34-93-60(12,13)29-58(8,9)56(91)76-65(21,68)32-62(16,17)98-52(41(25-77)71-38(3)82)95-42(26-78)37(2)81/h36-37,41-44,46-54,69-70,77-81,86-89H,23-35,67-68H2,1-22H3,(H,71,82)(H,72,83)(H,73,84)(H,74,85)(H,75,90)(H,76,91)/t36?,37-,41+,42?,43?,44?,46?,47?,48?,49?,50?,51?,52?,53?,54?,64?,65?,66?/m1/s1. The van der Waals surface area contributed by atoms with E-state index < -0.39 is 210 Å². The van der Waals surface area contributed by atoms with Gasteiger partial charge < -0.3 is 133 Å². The van der Waals surface area contributed by atoms with Crippen LogP contribution in [0.5, 0.6) is 0 Å². The number of hydrogen-bond acceptors (Lipinski definition) is 28. The van der Waals surface area contributed by atoms with E-state index >= 15 is 0 Å². The van der Waals surface area contributed by atoms with Crippen LogP contribution in [-0.2, 0) is 71.5 Å². The van der Waals surface area contributed by atoms with Crippen LogP contribution in [0.25, 0.3) is 0 Å². The fourth-order valence-electron chi connectivity index (χ4n) is 12.9. The average molecular weight is 1450 g/mol. The summed E-state index contributed by atoms with van der Waals surface area (Å²) >= 11 is 0. The van der Waals surface area contributed by atoms with E-state index in [2.05, 4.69) is 42.7 Å². The van der Waals surface area contributed by atoms with Crippen LogP contribution in [0.2, 0.25) is 0 Å². The van der Waals surface area contributed by atoms with Crippen LogP contribution in [0, 0.1) is 10.8 Å². The van der Waals surface area contributed by atoms with E-state index in [9.17, 15) is 74.7 Å². The van der Waals surface area contributed by atoms with Gasteiger partial charge >= 0.3 is 0 Å². The van der Waals surface area contributed by atoms with E-state index in [-0.39, 0.29) is 57.8 Å². The summed E-state index contributed by atoms with van der Waals surface area (Å²) in [7, 11) is 1.65. The molecule has 586 valence electrons. The number of amides is 6. The molecule has 34 nitrogen and oxygen atoms in total. The Morgan fingerprint density at radius 1 is 0.560 bits per heavy atom. The molecule has 21 N–H and O–H groups in total. The average Bonchev–Trinajstić information content (AvgIpc) is 0.798. The zero-order chi connectivity index (χ0) is 77.3. The van der Waals surface area contributed by atoms with E-state index in [1.165, 1.54) is 34.6 Å². The second-order valence-electron chi connectivity index (χ2n) is 32.1. The lowest BCUT2D eigenvalue weighted by molar-refractivity contribution is -0.297. The largest absolute Gasteiger partial charge is 0.394 e. The number of carbonyl (C=O) groups is 6. The molecule has 0 spiro atoms. The zero-order valence-electron chi connectivity index (χ0n) is 63.2. The van der Waals surface area contributed by atoms with Crippen molar-refractivity contribution < 1.29 is 117 Å². The number of aliphatic hydroxyl groups is 9. The third-order valence-corrected chi connectivity index (χ3v) is 17.0. The monoisotopic (exact) mass is 1440 g/mol. The lowest BCUT2D eigenvalue weighted by Crippen LogP contribution is -2.66. The minimum atomic E-state index is -1.57. The summed E-state index contributed by atoms with van der Waals surface area (Å²) in [5.74, 6) is -2.99. The number of nitrogens with two attached hydrogens (primary N) is 2. The molecule has 0 aromatic carbocycles. The lowest BCUT2D eigenvalue weighted by atomic mass is 9.80. The van der Waals surface area contributed by atoms with Gasteiger partial charge in [0, 0.05) is 50.0 Å². The Morgan fingerprint density at radius 3 is 1.47 bits per heavy atom. The first-order valence-electron chi connectivity index (χ1n) is 33.9. The van der Waals surface area contributed by atoms with Crippen molar-refractivity contribution in [3.05, 3.63) is 0 Å². The Bertz CT molecular complexity index is 2600. The highest BCUT2D eigenvalue weighted by molar-refractivity contribution is 5.83. The highest BCUT2D eigenvalue weighted by atomic mass is 16.7. The summed E-state index contributed by atoms with van der Waals surface area (Å²) < 4.78 is 49.5. The molecule has 2 heterocycles. The van der Waals surface area contributed by atoms with Crippen molar-refractivity contribution in [3.63, 3.8) is 0 Å². The predicted octanol–water partition coefficient (Wildman–Crippen LogP) is -3.00. The molecule has 0 aliphatic carbocycles. The fraction of sp³-hybridized carbons (Fsp3) is 0.909. The zero-order valence-corrected chi connectivity index (χ0v) is 63.2. The van der Waals surface area contributed by atoms with Crippen LogP contribution >= 0.6 is 0 Å². The van der Waals surface area contributed by atoms with Crippen LogP contribution in [0.1, 0.15) is 178 Å². The smallest absolute Gasteiger partial charge is 0.237 e. The molecule has 0 bridgehead atoms. The summed E-state index contributed by atoms with van der Waals surface area (Å²) in [6.07, 6.45) is -15.2. The minimum absolute atomic E-state index is 0.0529. The second kappa shape index (κ2) is 37.8. The van der Waals surface area contributed by atoms with Gasteiger partial charge in [0.05, 0.1) is 104 Å². The van der Waals surface area contributed by atoms with Gasteiger partial charge in [0.1, 0.15) is 60.9 Å². The van der Waals surface area contributed by atoms with Gasteiger partial charge in [-0.15, -0.1) is 0 Å². The van der Waals surface area contributed by atoms with Crippen molar-refractivity contribution >= 4 is 35.4 Å². The third kappa shape index (κ3) is 30.6. The molecular formula is C66H128N10O24. The van der Waals surface area contributed by atoms with E-state index in [1.807, 2.05) is 0 Å². The SMILES string of the molecule is CNC(CONCC(=O)NC(C)(N)CC(C)(C)OC1OC(CO)C(O)C(O)C1NC(C)=O)(COC(C)CC(C)(C)C(=O)NC(C)(C)CC(C)(C)OC1OC(CO)C(O)C(O)C1NC(C)=O)COC(C)(C)CC(C)(C)C(=O)NC(C)(N)CC(C)(C)OC(OC(CO)[C@@H](C)O)[C@H](CO)NC(C)=O. The maximum absolute atomic E-state index is 14.4. The predicted molar refractivity (Wildman–Crippen MR) is 364 cm³/mol. The van der Waals surface area contributed by atoms with Gasteiger partial charge in [-0.3, -0.25) is 33.6 Å². The van der Waals surface area contributed by atoms with Gasteiger partial charge in [-0.05, 0) is 123 Å². The number of ether oxygens (including phenoxy) is 8. The Labute approximate surface area is 590 Å². The quantitative estimate of drug-likeness (QED) is 0.0164. The molecule has 16 unspecified atom stereocenters. The molecule has 18 atom stereocenters. The molecular weight excluding hydrogens is 1320 g/mol. The molecule has 34 heteroatoms. The summed E-state index contributed by atoms with van der Waals surface area (Å²) in [6.45, 7) is 30.7. The molecule has 2 saturated heterocycles. The molecule has 2 fully saturated rings. The number of rotatable bonds is 44.